The van der Waals surface area contributed by atoms with Crippen molar-refractivity contribution >= 4 is 49.9 Å². The highest BCUT2D eigenvalue weighted by Crippen LogP contribution is 2.31. The van der Waals surface area contributed by atoms with Crippen LogP contribution in [0.2, 0.25) is 5.15 Å². The molecule has 2 aliphatic rings. The molecule has 2 saturated carbocycles. The van der Waals surface area contributed by atoms with Crippen molar-refractivity contribution < 1.29 is 48.3 Å². The monoisotopic (exact) mass is 1020 g/mol. The summed E-state index contributed by atoms with van der Waals surface area (Å²) in [6.07, 6.45) is 0.151. The Labute approximate surface area is 396 Å². The molecule has 0 atom stereocenters. The van der Waals surface area contributed by atoms with E-state index in [4.69, 9.17) is 22.4 Å². The number of hydrogen-bond donors (Lipinski definition) is 5. The van der Waals surface area contributed by atoms with E-state index in [2.05, 4.69) is 64.2 Å². The number of alkyl halides is 6. The Morgan fingerprint density at radius 1 is 0.692 bits per heavy atom. The maximum Gasteiger partial charge on any atom is 0.417 e. The van der Waals surface area contributed by atoms with E-state index in [1.165, 1.54) is 6.07 Å². The van der Waals surface area contributed by atoms with Gasteiger partial charge in [0, 0.05) is 55.8 Å². The number of nitrogens with one attached hydrogen (secondary N) is 3. The van der Waals surface area contributed by atoms with Crippen LogP contribution in [0.5, 0.6) is 0 Å². The Morgan fingerprint density at radius 2 is 1.06 bits per heavy atom. The first-order valence-electron chi connectivity index (χ1n) is 22.0. The minimum atomic E-state index is -4.38. The predicted octanol–water partition coefficient (Wildman–Crippen LogP) is 9.92. The summed E-state index contributed by atoms with van der Waals surface area (Å²) >= 11 is 5.28. The summed E-state index contributed by atoms with van der Waals surface area (Å²) in [5.74, 6) is 1.18. The zero-order valence-electron chi connectivity index (χ0n) is 39.8. The van der Waals surface area contributed by atoms with E-state index < -0.39 is 48.8 Å². The summed E-state index contributed by atoms with van der Waals surface area (Å²) in [5.41, 5.74) is 4.23. The Balaban J connectivity index is 0. The van der Waals surface area contributed by atoms with Crippen molar-refractivity contribution in [2.24, 2.45) is 17.6 Å². The second-order valence-corrected chi connectivity index (χ2v) is 22.5. The molecule has 2 heterocycles. The molecule has 0 unspecified atom stereocenters. The predicted molar refractivity (Wildman–Crippen MR) is 254 cm³/mol. The molecule has 0 spiro atoms. The molecule has 12 nitrogen and oxygen atoms in total. The van der Waals surface area contributed by atoms with Crippen molar-refractivity contribution in [2.75, 3.05) is 25.0 Å². The van der Waals surface area contributed by atoms with Gasteiger partial charge in [-0.2, -0.15) is 26.3 Å². The van der Waals surface area contributed by atoms with Crippen molar-refractivity contribution in [2.45, 2.75) is 181 Å². The second kappa shape index (κ2) is 31.2. The van der Waals surface area contributed by atoms with Crippen molar-refractivity contribution in [3.05, 3.63) is 52.9 Å². The third kappa shape index (κ3) is 28.8. The van der Waals surface area contributed by atoms with Gasteiger partial charge in [-0.1, -0.05) is 18.5 Å². The number of pyridine rings is 2. The van der Waals surface area contributed by atoms with Gasteiger partial charge in [0.25, 0.3) is 0 Å². The summed E-state index contributed by atoms with van der Waals surface area (Å²) in [6, 6.07) is 6.18. The van der Waals surface area contributed by atoms with Gasteiger partial charge in [-0.25, -0.2) is 36.2 Å². The topological polar surface area (TPSA) is 180 Å². The van der Waals surface area contributed by atoms with E-state index >= 15 is 0 Å². The van der Waals surface area contributed by atoms with Gasteiger partial charge in [0.15, 0.2) is 0 Å². The zero-order valence-corrected chi connectivity index (χ0v) is 43.0. The first kappa shape index (κ1) is 65.0. The smallest absolute Gasteiger partial charge is 0.394 e. The van der Waals surface area contributed by atoms with Crippen LogP contribution in [0.4, 0.5) is 32.2 Å². The highest BCUT2D eigenvalue weighted by Gasteiger charge is 2.32. The summed E-state index contributed by atoms with van der Waals surface area (Å²) in [6.45, 7) is 23.5. The Bertz CT molecular complexity index is 1750. The van der Waals surface area contributed by atoms with E-state index in [-0.39, 0.29) is 40.9 Å². The number of nitrogens with zero attached hydrogens (tertiary/aromatic N) is 3. The van der Waals surface area contributed by atoms with E-state index in [0.717, 1.165) is 82.3 Å². The fourth-order valence-corrected chi connectivity index (χ4v) is 8.15. The van der Waals surface area contributed by atoms with Crippen LogP contribution in [0.3, 0.4) is 0 Å². The molecule has 0 saturated heterocycles. The van der Waals surface area contributed by atoms with Gasteiger partial charge in [-0.05, 0) is 163 Å². The number of halogens is 8. The van der Waals surface area contributed by atoms with Gasteiger partial charge in [0.1, 0.15) is 11.0 Å². The van der Waals surface area contributed by atoms with Gasteiger partial charge in [0.2, 0.25) is 20.0 Å². The lowest BCUT2D eigenvalue weighted by Crippen LogP contribution is -2.37. The Kier molecular flexibility index (Phi) is 31.2. The molecular weight excluding hydrogens is 944 g/mol. The molecule has 2 aromatic rings. The molecule has 4 rings (SSSR count). The molecule has 0 radical (unpaired) electrons. The minimum absolute atomic E-state index is 0. The summed E-state index contributed by atoms with van der Waals surface area (Å²) < 4.78 is 125. The van der Waals surface area contributed by atoms with E-state index in [1.54, 1.807) is 41.5 Å². The molecule has 2 aliphatic carbocycles. The van der Waals surface area contributed by atoms with Crippen molar-refractivity contribution in [1.82, 2.24) is 24.3 Å². The largest absolute Gasteiger partial charge is 0.417 e. The van der Waals surface area contributed by atoms with Gasteiger partial charge < -0.3 is 16.2 Å². The normalized spacial score (nSPS) is 19.2. The number of nitrogens with two attached hydrogens (primary N) is 1. The van der Waals surface area contributed by atoms with E-state index in [0.29, 0.717) is 49.1 Å². The minimum Gasteiger partial charge on any atom is -0.394 e. The van der Waals surface area contributed by atoms with Crippen LogP contribution in [-0.2, 0) is 32.4 Å². The van der Waals surface area contributed by atoms with Gasteiger partial charge in [0.05, 0.1) is 21.6 Å². The van der Waals surface area contributed by atoms with Crippen molar-refractivity contribution in [1.29, 1.82) is 0 Å². The van der Waals surface area contributed by atoms with Gasteiger partial charge in [-0.15, -0.1) is 12.4 Å². The third-order valence-corrected chi connectivity index (χ3v) is 14.2. The molecule has 0 aliphatic heterocycles. The van der Waals surface area contributed by atoms with Crippen LogP contribution in [0.25, 0.3) is 0 Å². The van der Waals surface area contributed by atoms with E-state index in [9.17, 15) is 43.2 Å². The molecule has 65 heavy (non-hydrogen) atoms. The Hall–Kier alpha value is -2.04. The summed E-state index contributed by atoms with van der Waals surface area (Å²) in [4.78, 5) is 9.57. The van der Waals surface area contributed by atoms with Crippen LogP contribution < -0.4 is 20.5 Å². The maximum atomic E-state index is 12.5. The first-order chi connectivity index (χ1) is 29.3. The molecule has 2 fully saturated rings. The number of aliphatic hydroxyl groups excluding tert-OH is 1. The van der Waals surface area contributed by atoms with Crippen molar-refractivity contribution in [3.8, 4) is 0 Å². The first-order valence-corrected chi connectivity index (χ1v) is 25.4. The lowest BCUT2D eigenvalue weighted by molar-refractivity contribution is -0.138. The van der Waals surface area contributed by atoms with Crippen LogP contribution in [-0.4, -0.2) is 97.2 Å². The molecule has 0 aromatic carbocycles. The zero-order chi connectivity index (χ0) is 49.6. The highest BCUT2D eigenvalue weighted by atomic mass is 35.5. The van der Waals surface area contributed by atoms with Crippen LogP contribution in [0, 0.1) is 11.8 Å². The third-order valence-electron chi connectivity index (χ3n) is 10.3. The summed E-state index contributed by atoms with van der Waals surface area (Å²) in [5, 5.41) is 10.5. The van der Waals surface area contributed by atoms with Gasteiger partial charge in [-0.3, -0.25) is 4.90 Å². The number of aromatic nitrogens is 2. The number of rotatable bonds is 13. The second-order valence-electron chi connectivity index (χ2n) is 17.4. The fraction of sp³-hybridized carbons (Fsp3) is 0.767. The lowest BCUT2D eigenvalue weighted by Gasteiger charge is -2.29. The van der Waals surface area contributed by atoms with Crippen molar-refractivity contribution in [3.63, 3.8) is 0 Å². The van der Waals surface area contributed by atoms with Crippen LogP contribution in [0.15, 0.2) is 36.7 Å². The number of anilines is 1. The number of hydrogen-bond acceptors (Lipinski definition) is 10. The van der Waals surface area contributed by atoms with Gasteiger partial charge >= 0.3 is 12.4 Å². The van der Waals surface area contributed by atoms with Crippen LogP contribution >= 0.6 is 24.0 Å². The SMILES string of the molecule is CC(C)O.CC(C)S(=O)(=O)NCC1CCC(N)CC1.CC(C)S(=O)(=O)NCC1CCC(Nc2ccc(C(F)(F)F)cn2)CC1.CCN(C(C)C)C(C)C.Cl.FC(F)(F)c1ccc(Cl)nc1. The maximum absolute atomic E-state index is 12.5. The average molecular weight is 1020 g/mol. The molecule has 0 bridgehead atoms. The van der Waals surface area contributed by atoms with Crippen LogP contribution in [0.1, 0.15) is 139 Å². The molecular formula is C43H77Cl2F6N7O5S2. The number of sulfonamides is 2. The molecule has 382 valence electrons. The molecule has 22 heteroatoms. The number of aliphatic hydroxyl groups is 1. The molecule has 6 N–H and O–H groups in total. The van der Waals surface area contributed by atoms with E-state index in [1.807, 2.05) is 0 Å². The fourth-order valence-electron chi connectivity index (χ4n) is 6.43. The quantitative estimate of drug-likeness (QED) is 0.0958. The standard InChI is InChI=1S/C16H24F3N3O2S.C10H22N2O2S.C8H19N.C6H3ClF3N.C3H8O.ClH/c1-11(2)25(23,24)21-9-12-3-6-14(7-4-12)22-15-8-5-13(10-20-15)16(17,18)19;1-8(2)15(13,14)12-7-9-3-5-10(11)6-4-9;1-6-9(7(2)3)8(4)5;7-5-2-1-4(3-11-5)6(8,9)10;1-3(2)4;/h5,8,10-12,14,21H,3-4,6-7,9H2,1-2H3,(H,20,22);8-10,12H,3-7,11H2,1-2H3;7-8H,6H2,1-5H3;1-3H;3-4H,1-2H3;1H. The average Bonchev–Trinajstić information content (AvgIpc) is 3.17. The Morgan fingerprint density at radius 3 is 1.34 bits per heavy atom. The summed E-state index contributed by atoms with van der Waals surface area (Å²) in [7, 11) is -6.34. The highest BCUT2D eigenvalue weighted by molar-refractivity contribution is 7.90. The lowest BCUT2D eigenvalue weighted by atomic mass is 9.86. The molecule has 0 amide bonds. The molecule has 2 aromatic heterocycles.